The predicted molar refractivity (Wildman–Crippen MR) is 93.4 cm³/mol. The van der Waals surface area contributed by atoms with Crippen molar-refractivity contribution in [1.29, 1.82) is 5.26 Å². The number of amides is 1. The van der Waals surface area contributed by atoms with Crippen LogP contribution in [-0.2, 0) is 13.0 Å². The number of rotatable bonds is 5. The van der Waals surface area contributed by atoms with Crippen LogP contribution in [0.2, 0.25) is 0 Å². The number of carbonyl (C=O) groups excluding carboxylic acids is 1. The molecule has 1 aliphatic rings. The Hall–Kier alpha value is -2.64. The molecule has 2 aromatic carbocycles. The van der Waals surface area contributed by atoms with Gasteiger partial charge in [-0.2, -0.15) is 5.26 Å². The molecule has 1 heterocycles. The number of hydrogen-bond acceptors (Lipinski definition) is 3. The van der Waals surface area contributed by atoms with Gasteiger partial charge in [0.25, 0.3) is 5.91 Å². The second-order valence-electron chi connectivity index (χ2n) is 6.43. The molecule has 0 saturated heterocycles. The van der Waals surface area contributed by atoms with Crippen molar-refractivity contribution in [3.05, 3.63) is 70.8 Å². The fraction of sp³-hybridized carbons (Fsp3) is 0.300. The molecule has 122 valence electrons. The first-order chi connectivity index (χ1) is 11.6. The van der Waals surface area contributed by atoms with Crippen molar-refractivity contribution in [2.75, 3.05) is 20.6 Å². The highest BCUT2D eigenvalue weighted by molar-refractivity contribution is 5.99. The lowest BCUT2D eigenvalue weighted by molar-refractivity contribution is 0.0759. The van der Waals surface area contributed by atoms with Crippen molar-refractivity contribution in [2.24, 2.45) is 0 Å². The first-order valence-electron chi connectivity index (χ1n) is 8.12. The van der Waals surface area contributed by atoms with Gasteiger partial charge in [-0.25, -0.2) is 0 Å². The average molecular weight is 319 g/mol. The van der Waals surface area contributed by atoms with E-state index in [-0.39, 0.29) is 5.91 Å². The molecule has 0 aromatic heterocycles. The summed E-state index contributed by atoms with van der Waals surface area (Å²) in [6, 6.07) is 17.7. The lowest BCUT2D eigenvalue weighted by Gasteiger charge is -2.20. The molecule has 0 aliphatic carbocycles. The summed E-state index contributed by atoms with van der Waals surface area (Å²) in [4.78, 5) is 16.5. The summed E-state index contributed by atoms with van der Waals surface area (Å²) < 4.78 is 0. The van der Waals surface area contributed by atoms with Crippen molar-refractivity contribution in [3.63, 3.8) is 0 Å². The fourth-order valence-corrected chi connectivity index (χ4v) is 3.20. The third-order valence-electron chi connectivity index (χ3n) is 4.32. The Balaban J connectivity index is 1.82. The summed E-state index contributed by atoms with van der Waals surface area (Å²) in [5, 5.41) is 9.62. The van der Waals surface area contributed by atoms with Gasteiger partial charge in [0.05, 0.1) is 6.07 Å². The zero-order valence-electron chi connectivity index (χ0n) is 14.1. The zero-order chi connectivity index (χ0) is 17.1. The maximum Gasteiger partial charge on any atom is 0.255 e. The van der Waals surface area contributed by atoms with Crippen molar-refractivity contribution < 1.29 is 4.79 Å². The lowest BCUT2D eigenvalue weighted by Crippen LogP contribution is -2.29. The van der Waals surface area contributed by atoms with Crippen LogP contribution in [0.5, 0.6) is 0 Å². The van der Waals surface area contributed by atoms with E-state index in [1.165, 1.54) is 5.56 Å². The quantitative estimate of drug-likeness (QED) is 0.851. The summed E-state index contributed by atoms with van der Waals surface area (Å²) in [6.07, 6.45) is 0.753. The van der Waals surface area contributed by atoms with E-state index in [4.69, 9.17) is 0 Å². The summed E-state index contributed by atoms with van der Waals surface area (Å²) >= 11 is 0. The Kier molecular flexibility index (Phi) is 4.64. The maximum absolute atomic E-state index is 12.7. The Bertz CT molecular complexity index is 777. The molecule has 24 heavy (non-hydrogen) atoms. The third-order valence-corrected chi connectivity index (χ3v) is 4.32. The molecule has 4 heteroatoms. The number of nitriles is 1. The predicted octanol–water partition coefficient (Wildman–Crippen LogP) is 3.01. The number of benzene rings is 2. The largest absolute Gasteiger partial charge is 0.318 e. The van der Waals surface area contributed by atoms with Crippen molar-refractivity contribution in [1.82, 2.24) is 9.80 Å². The molecule has 1 atom stereocenters. The second kappa shape index (κ2) is 6.86. The van der Waals surface area contributed by atoms with Crippen LogP contribution in [0.3, 0.4) is 0 Å². The first kappa shape index (κ1) is 16.2. The van der Waals surface area contributed by atoms with E-state index in [9.17, 15) is 10.1 Å². The molecule has 0 fully saturated rings. The highest BCUT2D eigenvalue weighted by atomic mass is 16.2. The minimum atomic E-state index is -0.488. The van der Waals surface area contributed by atoms with Gasteiger partial charge in [-0.1, -0.05) is 42.5 Å². The van der Waals surface area contributed by atoms with Crippen LogP contribution in [0.15, 0.2) is 48.5 Å². The van der Waals surface area contributed by atoms with E-state index in [2.05, 4.69) is 11.0 Å². The van der Waals surface area contributed by atoms with Gasteiger partial charge in [0.2, 0.25) is 0 Å². The monoisotopic (exact) mass is 319 g/mol. The molecule has 2 aromatic rings. The van der Waals surface area contributed by atoms with Crippen LogP contribution < -0.4 is 0 Å². The van der Waals surface area contributed by atoms with Gasteiger partial charge >= 0.3 is 0 Å². The summed E-state index contributed by atoms with van der Waals surface area (Å²) in [5.41, 5.74) is 3.80. The highest BCUT2D eigenvalue weighted by Crippen LogP contribution is 2.34. The van der Waals surface area contributed by atoms with Gasteiger partial charge < -0.3 is 9.80 Å². The Morgan fingerprint density at radius 2 is 1.88 bits per heavy atom. The van der Waals surface area contributed by atoms with E-state index < -0.39 is 6.04 Å². The van der Waals surface area contributed by atoms with E-state index in [0.29, 0.717) is 12.1 Å². The molecule has 3 rings (SSSR count). The van der Waals surface area contributed by atoms with Crippen molar-refractivity contribution >= 4 is 5.91 Å². The third kappa shape index (κ3) is 3.17. The van der Waals surface area contributed by atoms with Gasteiger partial charge in [0, 0.05) is 24.2 Å². The van der Waals surface area contributed by atoms with Crippen molar-refractivity contribution in [3.8, 4) is 6.07 Å². The van der Waals surface area contributed by atoms with Crippen LogP contribution in [0.1, 0.15) is 33.1 Å². The Morgan fingerprint density at radius 3 is 2.54 bits per heavy atom. The number of nitrogens with zero attached hydrogens (tertiary/aromatic N) is 3. The molecular weight excluding hydrogens is 298 g/mol. The Labute approximate surface area is 142 Å². The summed E-state index contributed by atoms with van der Waals surface area (Å²) in [6.45, 7) is 1.35. The molecule has 1 amide bonds. The molecule has 0 bridgehead atoms. The molecule has 1 unspecified atom stereocenters. The second-order valence-corrected chi connectivity index (χ2v) is 6.43. The smallest absolute Gasteiger partial charge is 0.255 e. The summed E-state index contributed by atoms with van der Waals surface area (Å²) in [5.74, 6) is -0.0381. The number of fused-ring (bicyclic) bond motifs is 1. The SMILES string of the molecule is CN(C)Cc1ccc2c(c1)C(C#N)N(CCc1ccccc1)C2=O. The van der Waals surface area contributed by atoms with Crippen LogP contribution in [0.4, 0.5) is 0 Å². The van der Waals surface area contributed by atoms with Gasteiger partial charge in [0.1, 0.15) is 6.04 Å². The molecule has 0 N–H and O–H groups in total. The van der Waals surface area contributed by atoms with Gasteiger partial charge in [0.15, 0.2) is 0 Å². The normalized spacial score (nSPS) is 16.3. The molecule has 0 spiro atoms. The lowest BCUT2D eigenvalue weighted by atomic mass is 10.0. The minimum absolute atomic E-state index is 0.0381. The standard InChI is InChI=1S/C20H21N3O/c1-22(2)14-16-8-9-17-18(12-16)19(13-21)23(20(17)24)11-10-15-6-4-3-5-7-15/h3-9,12,19H,10-11,14H2,1-2H3. The van der Waals surface area contributed by atoms with Gasteiger partial charge in [-0.3, -0.25) is 4.79 Å². The molecule has 4 nitrogen and oxygen atoms in total. The van der Waals surface area contributed by atoms with Crippen molar-refractivity contribution in [2.45, 2.75) is 19.0 Å². The number of hydrogen-bond donors (Lipinski definition) is 0. The zero-order valence-corrected chi connectivity index (χ0v) is 14.1. The highest BCUT2D eigenvalue weighted by Gasteiger charge is 2.36. The van der Waals surface area contributed by atoms with E-state index in [1.807, 2.05) is 62.6 Å². The van der Waals surface area contributed by atoms with Crippen LogP contribution in [0, 0.1) is 11.3 Å². The minimum Gasteiger partial charge on any atom is -0.318 e. The van der Waals surface area contributed by atoms with E-state index in [0.717, 1.165) is 24.1 Å². The average Bonchev–Trinajstić information content (AvgIpc) is 2.84. The number of carbonyl (C=O) groups is 1. The summed E-state index contributed by atoms with van der Waals surface area (Å²) in [7, 11) is 4.01. The van der Waals surface area contributed by atoms with Crippen LogP contribution in [-0.4, -0.2) is 36.3 Å². The molecule has 0 radical (unpaired) electrons. The van der Waals surface area contributed by atoms with E-state index >= 15 is 0 Å². The molecule has 1 aliphatic heterocycles. The van der Waals surface area contributed by atoms with Gasteiger partial charge in [-0.05, 0) is 37.7 Å². The fourth-order valence-electron chi connectivity index (χ4n) is 3.20. The van der Waals surface area contributed by atoms with Crippen LogP contribution >= 0.6 is 0 Å². The van der Waals surface area contributed by atoms with Crippen LogP contribution in [0.25, 0.3) is 0 Å². The van der Waals surface area contributed by atoms with E-state index in [1.54, 1.807) is 4.90 Å². The van der Waals surface area contributed by atoms with Gasteiger partial charge in [-0.15, -0.1) is 0 Å². The molecular formula is C20H21N3O. The first-order valence-corrected chi connectivity index (χ1v) is 8.12. The molecule has 0 saturated carbocycles. The topological polar surface area (TPSA) is 47.3 Å². The maximum atomic E-state index is 12.7. The Morgan fingerprint density at radius 1 is 1.12 bits per heavy atom.